The van der Waals surface area contributed by atoms with Crippen molar-refractivity contribution in [2.75, 3.05) is 0 Å². The van der Waals surface area contributed by atoms with E-state index in [1.165, 1.54) is 0 Å². The van der Waals surface area contributed by atoms with Crippen LogP contribution in [0.3, 0.4) is 0 Å². The van der Waals surface area contributed by atoms with Crippen molar-refractivity contribution in [1.82, 2.24) is 0 Å². The molecule has 0 aromatic heterocycles. The van der Waals surface area contributed by atoms with Gasteiger partial charge in [-0.2, -0.15) is 39.5 Å². The maximum atomic E-state index is 12.2. The Kier molecular flexibility index (Phi) is 4.53. The van der Waals surface area contributed by atoms with E-state index in [1.54, 1.807) is 0 Å². The molecule has 0 fully saturated rings. The van der Waals surface area contributed by atoms with Gasteiger partial charge >= 0.3 is 18.5 Å². The molecule has 0 aromatic carbocycles. The molecular formula is C5Cl2F9I. The molecule has 0 nitrogen and oxygen atoms in total. The summed E-state index contributed by atoms with van der Waals surface area (Å²) >= 11 is 8.32. The van der Waals surface area contributed by atoms with E-state index in [2.05, 4.69) is 23.2 Å². The fourth-order valence-electron chi connectivity index (χ4n) is 0.712. The van der Waals surface area contributed by atoms with Crippen LogP contribution in [0.4, 0.5) is 39.5 Å². The first-order valence-corrected chi connectivity index (χ1v) is 5.10. The van der Waals surface area contributed by atoms with Crippen LogP contribution >= 0.6 is 45.8 Å². The minimum absolute atomic E-state index is 0.220. The smallest absolute Gasteiger partial charge is 0.168 e. The van der Waals surface area contributed by atoms with Crippen molar-refractivity contribution < 1.29 is 39.5 Å². The highest BCUT2D eigenvalue weighted by Crippen LogP contribution is 2.63. The van der Waals surface area contributed by atoms with Gasteiger partial charge in [-0.3, -0.25) is 0 Å². The zero-order chi connectivity index (χ0) is 14.5. The molecule has 0 spiro atoms. The molecule has 0 aliphatic heterocycles. The third-order valence-corrected chi connectivity index (χ3v) is 4.62. The van der Waals surface area contributed by atoms with Gasteiger partial charge in [-0.05, 0) is 22.6 Å². The lowest BCUT2D eigenvalue weighted by atomic mass is 10.0. The van der Waals surface area contributed by atoms with Gasteiger partial charge in [-0.25, -0.2) is 0 Å². The van der Waals surface area contributed by atoms with Crippen LogP contribution < -0.4 is 0 Å². The zero-order valence-electron chi connectivity index (χ0n) is 7.04. The van der Waals surface area contributed by atoms with Gasteiger partial charge in [0.2, 0.25) is 2.88 Å². The van der Waals surface area contributed by atoms with Gasteiger partial charge < -0.3 is 0 Å². The lowest BCUT2D eigenvalue weighted by Gasteiger charge is -2.41. The maximum Gasteiger partial charge on any atom is 0.419 e. The molecule has 1 atom stereocenters. The fraction of sp³-hybridized carbons (Fsp3) is 1.00. The summed E-state index contributed by atoms with van der Waals surface area (Å²) in [5, 5.41) is 0. The van der Waals surface area contributed by atoms with Crippen LogP contribution in [0.5, 0.6) is 0 Å². The van der Waals surface area contributed by atoms with Gasteiger partial charge in [-0.15, -0.1) is 0 Å². The second-order valence-electron chi connectivity index (χ2n) is 2.73. The molecule has 17 heavy (non-hydrogen) atoms. The monoisotopic (exact) mass is 428 g/mol. The number of hydrogen-bond donors (Lipinski definition) is 0. The van der Waals surface area contributed by atoms with Crippen molar-refractivity contribution in [3.05, 3.63) is 0 Å². The molecule has 0 rings (SSSR count). The summed E-state index contributed by atoms with van der Waals surface area (Å²) < 4.78 is 105. The summed E-state index contributed by atoms with van der Waals surface area (Å²) in [6, 6.07) is 0. The number of alkyl halides is 12. The Morgan fingerprint density at radius 2 is 0.824 bits per heavy atom. The molecule has 0 radical (unpaired) electrons. The van der Waals surface area contributed by atoms with Crippen LogP contribution in [0.15, 0.2) is 0 Å². The molecule has 0 heterocycles. The van der Waals surface area contributed by atoms with Gasteiger partial charge in [-0.1, -0.05) is 23.2 Å². The predicted molar refractivity (Wildman–Crippen MR) is 49.4 cm³/mol. The van der Waals surface area contributed by atoms with Crippen molar-refractivity contribution in [1.29, 1.82) is 0 Å². The predicted octanol–water partition coefficient (Wildman–Crippen LogP) is 5.02. The zero-order valence-corrected chi connectivity index (χ0v) is 10.7. The van der Waals surface area contributed by atoms with E-state index in [1.807, 2.05) is 0 Å². The standard InChI is InChI=1S/C5Cl2F9I/c6-1(3(8,9)10,4(11,12)13)2(7,17)5(14,15)16. The Balaban J connectivity index is 6.04. The highest BCUT2D eigenvalue weighted by Gasteiger charge is 2.85. The Bertz CT molecular complexity index is 273. The number of halogens is 12. The van der Waals surface area contributed by atoms with E-state index in [9.17, 15) is 39.5 Å². The molecular weight excluding hydrogens is 429 g/mol. The summed E-state index contributed by atoms with van der Waals surface area (Å²) in [6.07, 6.45) is -18.9. The molecule has 0 aromatic rings. The molecule has 0 saturated carbocycles. The third kappa shape index (κ3) is 2.67. The van der Waals surface area contributed by atoms with Crippen molar-refractivity contribution in [3.8, 4) is 0 Å². The minimum atomic E-state index is -6.44. The second kappa shape index (κ2) is 4.36. The quantitative estimate of drug-likeness (QED) is 0.312. The Morgan fingerprint density at radius 3 is 0.882 bits per heavy atom. The molecule has 0 aliphatic carbocycles. The lowest BCUT2D eigenvalue weighted by molar-refractivity contribution is -0.292. The van der Waals surface area contributed by atoms with Crippen molar-refractivity contribution in [2.24, 2.45) is 0 Å². The topological polar surface area (TPSA) is 0 Å². The molecule has 1 unspecified atom stereocenters. The van der Waals surface area contributed by atoms with Crippen LogP contribution in [-0.4, -0.2) is 26.3 Å². The third-order valence-electron chi connectivity index (χ3n) is 1.57. The average Bonchev–Trinajstić information content (AvgIpc) is 1.95. The highest BCUT2D eigenvalue weighted by atomic mass is 127. The molecule has 0 N–H and O–H groups in total. The van der Waals surface area contributed by atoms with Crippen molar-refractivity contribution in [3.63, 3.8) is 0 Å². The van der Waals surface area contributed by atoms with Crippen LogP contribution in [0, 0.1) is 0 Å². The van der Waals surface area contributed by atoms with E-state index in [0.717, 1.165) is 0 Å². The molecule has 0 amide bonds. The van der Waals surface area contributed by atoms with Gasteiger partial charge in [0.05, 0.1) is 0 Å². The van der Waals surface area contributed by atoms with Crippen LogP contribution in [0.25, 0.3) is 0 Å². The average molecular weight is 429 g/mol. The molecule has 0 bridgehead atoms. The summed E-state index contributed by atoms with van der Waals surface area (Å²) in [6.45, 7) is 0. The van der Waals surface area contributed by atoms with Gasteiger partial charge in [0.25, 0.3) is 4.87 Å². The number of hydrogen-bond acceptors (Lipinski definition) is 0. The normalized spacial score (nSPS) is 19.1. The van der Waals surface area contributed by atoms with Crippen molar-refractivity contribution >= 4 is 45.8 Å². The summed E-state index contributed by atoms with van der Waals surface area (Å²) in [4.78, 5) is -5.65. The first kappa shape index (κ1) is 17.7. The van der Waals surface area contributed by atoms with Crippen LogP contribution in [0.2, 0.25) is 0 Å². The van der Waals surface area contributed by atoms with Gasteiger partial charge in [0.1, 0.15) is 0 Å². The maximum absolute atomic E-state index is 12.2. The second-order valence-corrected chi connectivity index (χ2v) is 6.12. The van der Waals surface area contributed by atoms with Gasteiger partial charge in [0, 0.05) is 0 Å². The summed E-state index contributed by atoms with van der Waals surface area (Å²) in [7, 11) is 0. The molecule has 12 heteroatoms. The number of rotatable bonds is 1. The Labute approximate surface area is 112 Å². The molecule has 0 aliphatic rings. The van der Waals surface area contributed by atoms with Gasteiger partial charge in [0.15, 0.2) is 0 Å². The van der Waals surface area contributed by atoms with Crippen LogP contribution in [-0.2, 0) is 0 Å². The molecule has 0 saturated heterocycles. The first-order chi connectivity index (χ1) is 7.00. The van der Waals surface area contributed by atoms with E-state index < -0.39 is 26.3 Å². The minimum Gasteiger partial charge on any atom is -0.168 e. The first-order valence-electron chi connectivity index (χ1n) is 3.27. The lowest BCUT2D eigenvalue weighted by Crippen LogP contribution is -2.67. The SMILES string of the molecule is FC(F)(F)C(Cl)(I)C(Cl)(C(F)(F)F)C(F)(F)F. The fourth-order valence-corrected chi connectivity index (χ4v) is 1.65. The molecule has 104 valence electrons. The van der Waals surface area contributed by atoms with E-state index in [4.69, 9.17) is 0 Å². The Hall–Kier alpha value is 0.680. The van der Waals surface area contributed by atoms with Crippen molar-refractivity contribution in [2.45, 2.75) is 26.3 Å². The van der Waals surface area contributed by atoms with Crippen LogP contribution in [0.1, 0.15) is 0 Å². The Morgan fingerprint density at radius 1 is 0.588 bits per heavy atom. The van der Waals surface area contributed by atoms with E-state index in [-0.39, 0.29) is 22.6 Å². The summed E-state index contributed by atoms with van der Waals surface area (Å²) in [5.74, 6) is 0. The van der Waals surface area contributed by atoms with E-state index >= 15 is 0 Å². The summed E-state index contributed by atoms with van der Waals surface area (Å²) in [5.41, 5.74) is 0. The highest BCUT2D eigenvalue weighted by molar-refractivity contribution is 14.1. The largest absolute Gasteiger partial charge is 0.419 e. The van der Waals surface area contributed by atoms with E-state index in [0.29, 0.717) is 0 Å².